The highest BCUT2D eigenvalue weighted by Gasteiger charge is 2.24. The second-order valence-electron chi connectivity index (χ2n) is 9.28. The van der Waals surface area contributed by atoms with E-state index in [2.05, 4.69) is 44.4 Å². The summed E-state index contributed by atoms with van der Waals surface area (Å²) in [6.45, 7) is 3.99. The minimum absolute atomic E-state index is 0.000430. The molecule has 0 saturated carbocycles. The van der Waals surface area contributed by atoms with Gasteiger partial charge in [0.05, 0.1) is 12.0 Å². The van der Waals surface area contributed by atoms with Crippen LogP contribution in [0.25, 0.3) is 23.3 Å². The summed E-state index contributed by atoms with van der Waals surface area (Å²) in [6, 6.07) is 24.0. The van der Waals surface area contributed by atoms with Gasteiger partial charge < -0.3 is 9.32 Å². The highest BCUT2D eigenvalue weighted by molar-refractivity contribution is 7.98. The van der Waals surface area contributed by atoms with Crippen molar-refractivity contribution in [3.8, 4) is 17.3 Å². The number of carbonyl (C=O) groups is 1. The van der Waals surface area contributed by atoms with Gasteiger partial charge in [-0.05, 0) is 29.8 Å². The number of thioether (sulfide) groups is 1. The molecular formula is C30H28N6O2S2. The van der Waals surface area contributed by atoms with Crippen molar-refractivity contribution in [1.29, 1.82) is 0 Å². The number of para-hydroxylation sites is 1. The second kappa shape index (κ2) is 12.5. The zero-order chi connectivity index (χ0) is 27.1. The molecule has 10 heteroatoms. The third kappa shape index (κ3) is 6.09. The van der Waals surface area contributed by atoms with Crippen LogP contribution in [0.15, 0.2) is 100 Å². The molecule has 0 N–H and O–H groups in total. The van der Waals surface area contributed by atoms with Crippen molar-refractivity contribution in [1.82, 2.24) is 29.5 Å². The maximum absolute atomic E-state index is 13.2. The Balaban J connectivity index is 1.05. The van der Waals surface area contributed by atoms with Crippen molar-refractivity contribution in [3.05, 3.63) is 107 Å². The average Bonchev–Trinajstić information content (AvgIpc) is 3.78. The van der Waals surface area contributed by atoms with Gasteiger partial charge in [-0.25, -0.2) is 4.98 Å². The number of aromatic nitrogens is 4. The van der Waals surface area contributed by atoms with Gasteiger partial charge in [0.2, 0.25) is 5.82 Å². The van der Waals surface area contributed by atoms with Gasteiger partial charge >= 0.3 is 0 Å². The standard InChI is InChI=1S/C30H28N6O2S2/c37-29(35-18-16-34(17-19-35)15-7-11-23-9-3-1-4-10-23)25-21-39-27(31-25)22-40-30-33-32-28(26-14-8-20-38-26)36(30)24-12-5-2-6-13-24/h1-14,20-21H,15-19,22H2. The smallest absolute Gasteiger partial charge is 0.273 e. The minimum atomic E-state index is -0.000430. The Kier molecular flexibility index (Phi) is 8.17. The van der Waals surface area contributed by atoms with Crippen LogP contribution in [0, 0.1) is 0 Å². The van der Waals surface area contributed by atoms with Crippen LogP contribution >= 0.6 is 23.1 Å². The SMILES string of the molecule is O=C(c1csc(CSc2nnc(-c3ccco3)n2-c2ccccc2)n1)N1CCN(CC=Cc2ccccc2)CC1. The number of piperazine rings is 1. The van der Waals surface area contributed by atoms with Gasteiger partial charge in [0.1, 0.15) is 10.7 Å². The molecule has 6 rings (SSSR count). The van der Waals surface area contributed by atoms with Gasteiger partial charge in [0.25, 0.3) is 5.91 Å². The van der Waals surface area contributed by atoms with Gasteiger partial charge in [0, 0.05) is 43.8 Å². The fourth-order valence-corrected chi connectivity index (χ4v) is 6.28. The first-order valence-electron chi connectivity index (χ1n) is 13.1. The molecule has 1 aliphatic rings. The van der Waals surface area contributed by atoms with Crippen molar-refractivity contribution in [2.75, 3.05) is 32.7 Å². The number of amides is 1. The molecule has 0 unspecified atom stereocenters. The predicted molar refractivity (Wildman–Crippen MR) is 159 cm³/mol. The summed E-state index contributed by atoms with van der Waals surface area (Å²) in [5.74, 6) is 1.88. The average molecular weight is 569 g/mol. The Hall–Kier alpha value is -3.99. The Labute approximate surface area is 241 Å². The fraction of sp³-hybridized carbons (Fsp3) is 0.200. The summed E-state index contributed by atoms with van der Waals surface area (Å²) in [6.07, 6.45) is 5.96. The molecule has 4 heterocycles. The fourth-order valence-electron chi connectivity index (χ4n) is 4.54. The maximum atomic E-state index is 13.2. The summed E-state index contributed by atoms with van der Waals surface area (Å²) in [5, 5.41) is 12.3. The van der Waals surface area contributed by atoms with Gasteiger partial charge in [-0.3, -0.25) is 14.3 Å². The van der Waals surface area contributed by atoms with E-state index in [0.717, 1.165) is 35.5 Å². The molecule has 202 valence electrons. The number of hydrogen-bond acceptors (Lipinski definition) is 8. The lowest BCUT2D eigenvalue weighted by atomic mass is 10.2. The van der Waals surface area contributed by atoms with Gasteiger partial charge in [-0.1, -0.05) is 72.4 Å². The van der Waals surface area contributed by atoms with E-state index < -0.39 is 0 Å². The molecule has 0 atom stereocenters. The lowest BCUT2D eigenvalue weighted by molar-refractivity contribution is 0.0645. The topological polar surface area (TPSA) is 80.3 Å². The van der Waals surface area contributed by atoms with Gasteiger partial charge in [-0.2, -0.15) is 0 Å². The van der Waals surface area contributed by atoms with Gasteiger partial charge in [0.15, 0.2) is 10.9 Å². The molecule has 1 fully saturated rings. The summed E-state index contributed by atoms with van der Waals surface area (Å²) in [4.78, 5) is 22.1. The van der Waals surface area contributed by atoms with Crippen LogP contribution in [0.3, 0.4) is 0 Å². The van der Waals surface area contributed by atoms with Crippen LogP contribution in [-0.4, -0.2) is 68.2 Å². The highest BCUT2D eigenvalue weighted by atomic mass is 32.2. The molecule has 0 radical (unpaired) electrons. The number of furan rings is 1. The normalized spacial score (nSPS) is 14.2. The molecule has 1 amide bonds. The Morgan fingerprint density at radius 3 is 2.48 bits per heavy atom. The van der Waals surface area contributed by atoms with Gasteiger partial charge in [-0.15, -0.1) is 21.5 Å². The third-order valence-electron chi connectivity index (χ3n) is 6.62. The Morgan fingerprint density at radius 2 is 1.73 bits per heavy atom. The number of thiazole rings is 1. The van der Waals surface area contributed by atoms with Crippen molar-refractivity contribution < 1.29 is 9.21 Å². The maximum Gasteiger partial charge on any atom is 0.273 e. The molecule has 1 saturated heterocycles. The van der Waals surface area contributed by atoms with Crippen LogP contribution < -0.4 is 0 Å². The monoisotopic (exact) mass is 568 g/mol. The summed E-state index contributed by atoms with van der Waals surface area (Å²) in [5.41, 5.74) is 2.66. The first-order valence-corrected chi connectivity index (χ1v) is 15.0. The van der Waals surface area contributed by atoms with Crippen LogP contribution in [0.5, 0.6) is 0 Å². The second-order valence-corrected chi connectivity index (χ2v) is 11.2. The van der Waals surface area contributed by atoms with Crippen LogP contribution in [0.2, 0.25) is 0 Å². The first-order chi connectivity index (χ1) is 19.7. The molecule has 3 aromatic heterocycles. The van der Waals surface area contributed by atoms with E-state index in [0.29, 0.717) is 36.1 Å². The van der Waals surface area contributed by atoms with E-state index >= 15 is 0 Å². The molecule has 40 heavy (non-hydrogen) atoms. The van der Waals surface area contributed by atoms with Crippen molar-refractivity contribution in [2.24, 2.45) is 0 Å². The number of hydrogen-bond donors (Lipinski definition) is 0. The molecule has 0 aliphatic carbocycles. The molecule has 0 spiro atoms. The van der Waals surface area contributed by atoms with E-state index in [1.807, 2.05) is 75.5 Å². The van der Waals surface area contributed by atoms with Crippen LogP contribution in [0.4, 0.5) is 0 Å². The lowest BCUT2D eigenvalue weighted by Gasteiger charge is -2.33. The molecule has 2 aromatic carbocycles. The van der Waals surface area contributed by atoms with Crippen molar-refractivity contribution in [2.45, 2.75) is 10.9 Å². The van der Waals surface area contributed by atoms with E-state index in [-0.39, 0.29) is 5.91 Å². The van der Waals surface area contributed by atoms with Crippen LogP contribution in [0.1, 0.15) is 21.1 Å². The minimum Gasteiger partial charge on any atom is -0.461 e. The molecule has 8 nitrogen and oxygen atoms in total. The Morgan fingerprint density at radius 1 is 0.950 bits per heavy atom. The number of rotatable bonds is 9. The number of nitrogens with zero attached hydrogens (tertiary/aromatic N) is 6. The highest BCUT2D eigenvalue weighted by Crippen LogP contribution is 2.30. The van der Waals surface area contributed by atoms with E-state index in [1.165, 1.54) is 28.7 Å². The quantitative estimate of drug-likeness (QED) is 0.210. The van der Waals surface area contributed by atoms with Crippen molar-refractivity contribution in [3.63, 3.8) is 0 Å². The summed E-state index contributed by atoms with van der Waals surface area (Å²) < 4.78 is 7.58. The summed E-state index contributed by atoms with van der Waals surface area (Å²) in [7, 11) is 0. The summed E-state index contributed by atoms with van der Waals surface area (Å²) >= 11 is 3.04. The molecule has 0 bridgehead atoms. The molecule has 5 aromatic rings. The first kappa shape index (κ1) is 26.2. The van der Waals surface area contributed by atoms with Crippen LogP contribution in [-0.2, 0) is 5.75 Å². The predicted octanol–water partition coefficient (Wildman–Crippen LogP) is 5.75. The zero-order valence-corrected chi connectivity index (χ0v) is 23.4. The van der Waals surface area contributed by atoms with E-state index in [1.54, 1.807) is 6.26 Å². The number of carbonyl (C=O) groups excluding carboxylic acids is 1. The van der Waals surface area contributed by atoms with Crippen molar-refractivity contribution >= 4 is 35.1 Å². The largest absolute Gasteiger partial charge is 0.461 e. The zero-order valence-electron chi connectivity index (χ0n) is 21.8. The number of benzene rings is 2. The third-order valence-corrected chi connectivity index (χ3v) is 8.59. The van der Waals surface area contributed by atoms with E-state index in [9.17, 15) is 4.79 Å². The molecule has 1 aliphatic heterocycles. The van der Waals surface area contributed by atoms with E-state index in [4.69, 9.17) is 4.42 Å². The lowest BCUT2D eigenvalue weighted by Crippen LogP contribution is -2.48. The molecular weight excluding hydrogens is 541 g/mol. The Bertz CT molecular complexity index is 1560.